The Morgan fingerprint density at radius 3 is 1.67 bits per heavy atom. The monoisotopic (exact) mass is 303 g/mol. The Balaban J connectivity index is 2.34. The first-order chi connectivity index (χ1) is 9.91. The van der Waals surface area contributed by atoms with E-state index in [1.54, 1.807) is 0 Å². The minimum atomic E-state index is -2.08. The number of hydrogen-bond donors (Lipinski definition) is 0. The van der Waals surface area contributed by atoms with E-state index in [0.29, 0.717) is 11.3 Å². The molecule has 0 aliphatic carbocycles. The van der Waals surface area contributed by atoms with Crippen LogP contribution in [0.2, 0.25) is 0 Å². The fraction of sp³-hybridized carbons (Fsp3) is 0.429. The first-order valence-corrected chi connectivity index (χ1v) is 6.63. The van der Waals surface area contributed by atoms with Crippen molar-refractivity contribution in [3.05, 3.63) is 34.4 Å². The van der Waals surface area contributed by atoms with Gasteiger partial charge in [-0.15, -0.1) is 0 Å². The van der Waals surface area contributed by atoms with Gasteiger partial charge in [0, 0.05) is 6.54 Å². The second-order valence-corrected chi connectivity index (χ2v) is 4.83. The van der Waals surface area contributed by atoms with Crippen LogP contribution in [0.4, 0.5) is 17.6 Å². The van der Waals surface area contributed by atoms with Gasteiger partial charge in [0.15, 0.2) is 23.3 Å². The minimum Gasteiger partial charge on any atom is -0.274 e. The number of fused-ring (bicyclic) bond motifs is 1. The number of rotatable bonds is 5. The number of unbranched alkanes of at least 4 members (excludes halogenated alkanes) is 3. The maximum atomic E-state index is 13.6. The summed E-state index contributed by atoms with van der Waals surface area (Å²) >= 11 is 0. The lowest BCUT2D eigenvalue weighted by molar-refractivity contribution is 0.0648. The van der Waals surface area contributed by atoms with Crippen LogP contribution in [0, 0.1) is 23.3 Å². The van der Waals surface area contributed by atoms with Crippen molar-refractivity contribution in [2.45, 2.75) is 32.6 Å². The lowest BCUT2D eigenvalue weighted by atomic mass is 10.1. The van der Waals surface area contributed by atoms with Gasteiger partial charge in [0.25, 0.3) is 11.8 Å². The third-order valence-corrected chi connectivity index (χ3v) is 3.42. The van der Waals surface area contributed by atoms with E-state index < -0.39 is 46.2 Å². The number of carbonyl (C=O) groups is 2. The number of amides is 2. The number of carbonyl (C=O) groups excluding carboxylic acids is 2. The van der Waals surface area contributed by atoms with Crippen LogP contribution in [0.3, 0.4) is 0 Å². The van der Waals surface area contributed by atoms with Gasteiger partial charge in [0.2, 0.25) is 0 Å². The fourth-order valence-electron chi connectivity index (χ4n) is 2.30. The van der Waals surface area contributed by atoms with Crippen LogP contribution in [-0.2, 0) is 0 Å². The highest BCUT2D eigenvalue weighted by molar-refractivity contribution is 6.21. The molecule has 3 nitrogen and oxygen atoms in total. The maximum Gasteiger partial charge on any atom is 0.264 e. The highest BCUT2D eigenvalue weighted by atomic mass is 19.2. The molecule has 0 spiro atoms. The van der Waals surface area contributed by atoms with Crippen molar-refractivity contribution in [2.75, 3.05) is 6.54 Å². The second-order valence-electron chi connectivity index (χ2n) is 4.83. The Morgan fingerprint density at radius 1 is 0.762 bits per heavy atom. The molecule has 1 aliphatic rings. The first-order valence-electron chi connectivity index (χ1n) is 6.63. The van der Waals surface area contributed by atoms with Crippen LogP contribution in [0.1, 0.15) is 53.3 Å². The summed E-state index contributed by atoms with van der Waals surface area (Å²) in [6, 6.07) is 0. The van der Waals surface area contributed by atoms with Gasteiger partial charge in [-0.05, 0) is 6.42 Å². The third-order valence-electron chi connectivity index (χ3n) is 3.42. The Morgan fingerprint density at radius 2 is 1.24 bits per heavy atom. The predicted octanol–water partition coefficient (Wildman–Crippen LogP) is 3.42. The molecule has 0 saturated heterocycles. The summed E-state index contributed by atoms with van der Waals surface area (Å²) in [5, 5.41) is 0. The lowest BCUT2D eigenvalue weighted by Crippen LogP contribution is -2.31. The molecule has 1 aliphatic heterocycles. The summed E-state index contributed by atoms with van der Waals surface area (Å²) in [6.07, 6.45) is 3.02. The Kier molecular flexibility index (Phi) is 4.29. The van der Waals surface area contributed by atoms with E-state index in [9.17, 15) is 27.2 Å². The van der Waals surface area contributed by atoms with Crippen molar-refractivity contribution in [1.29, 1.82) is 0 Å². The molecule has 2 amide bonds. The van der Waals surface area contributed by atoms with Crippen LogP contribution in [0.25, 0.3) is 0 Å². The molecule has 1 aromatic carbocycles. The number of hydrogen-bond acceptors (Lipinski definition) is 2. The van der Waals surface area contributed by atoms with E-state index in [4.69, 9.17) is 0 Å². The van der Waals surface area contributed by atoms with E-state index in [-0.39, 0.29) is 6.54 Å². The molecule has 0 aromatic heterocycles. The quantitative estimate of drug-likeness (QED) is 0.275. The predicted molar refractivity (Wildman–Crippen MR) is 65.8 cm³/mol. The van der Waals surface area contributed by atoms with Crippen molar-refractivity contribution < 1.29 is 27.2 Å². The van der Waals surface area contributed by atoms with Gasteiger partial charge >= 0.3 is 0 Å². The Labute approximate surface area is 118 Å². The molecule has 0 radical (unpaired) electrons. The smallest absolute Gasteiger partial charge is 0.264 e. The molecule has 0 N–H and O–H groups in total. The Hall–Kier alpha value is -1.92. The number of benzene rings is 1. The maximum absolute atomic E-state index is 13.6. The second kappa shape index (κ2) is 5.83. The topological polar surface area (TPSA) is 37.4 Å². The summed E-state index contributed by atoms with van der Waals surface area (Å²) < 4.78 is 53.5. The molecule has 7 heteroatoms. The molecule has 0 atom stereocenters. The van der Waals surface area contributed by atoms with Crippen molar-refractivity contribution in [3.63, 3.8) is 0 Å². The Bertz CT molecular complexity index is 569. The van der Waals surface area contributed by atoms with Crippen molar-refractivity contribution in [3.8, 4) is 0 Å². The molecule has 0 bridgehead atoms. The molecular weight excluding hydrogens is 290 g/mol. The average Bonchev–Trinajstić information content (AvgIpc) is 2.71. The van der Waals surface area contributed by atoms with Crippen LogP contribution < -0.4 is 0 Å². The largest absolute Gasteiger partial charge is 0.274 e. The zero-order valence-corrected chi connectivity index (χ0v) is 11.3. The zero-order chi connectivity index (χ0) is 15.7. The van der Waals surface area contributed by atoms with Crippen molar-refractivity contribution in [1.82, 2.24) is 4.90 Å². The SMILES string of the molecule is CCCCCCN1C(=O)c2c(F)c(F)c(F)c(F)c2C1=O. The highest BCUT2D eigenvalue weighted by Gasteiger charge is 2.43. The summed E-state index contributed by atoms with van der Waals surface area (Å²) in [4.78, 5) is 24.5. The van der Waals surface area contributed by atoms with E-state index >= 15 is 0 Å². The van der Waals surface area contributed by atoms with Crippen LogP contribution in [0.15, 0.2) is 0 Å². The van der Waals surface area contributed by atoms with Gasteiger partial charge in [0.05, 0.1) is 11.1 Å². The van der Waals surface area contributed by atoms with Crippen LogP contribution >= 0.6 is 0 Å². The van der Waals surface area contributed by atoms with Gasteiger partial charge in [-0.25, -0.2) is 17.6 Å². The molecule has 21 heavy (non-hydrogen) atoms. The van der Waals surface area contributed by atoms with E-state index in [2.05, 4.69) is 0 Å². The van der Waals surface area contributed by atoms with Crippen molar-refractivity contribution >= 4 is 11.8 Å². The number of nitrogens with zero attached hydrogens (tertiary/aromatic N) is 1. The van der Waals surface area contributed by atoms with Gasteiger partial charge < -0.3 is 0 Å². The zero-order valence-electron chi connectivity index (χ0n) is 11.3. The van der Waals surface area contributed by atoms with Gasteiger partial charge in [-0.1, -0.05) is 26.2 Å². The lowest BCUT2D eigenvalue weighted by Gasteiger charge is -2.13. The van der Waals surface area contributed by atoms with E-state index in [1.165, 1.54) is 0 Å². The molecule has 0 unspecified atom stereocenters. The first kappa shape index (κ1) is 15.5. The van der Waals surface area contributed by atoms with E-state index in [0.717, 1.165) is 19.3 Å². The van der Waals surface area contributed by atoms with Crippen LogP contribution in [0.5, 0.6) is 0 Å². The summed E-state index contributed by atoms with van der Waals surface area (Å²) in [6.45, 7) is 1.94. The molecular formula is C14H13F4NO2. The molecule has 0 fully saturated rings. The van der Waals surface area contributed by atoms with Crippen molar-refractivity contribution in [2.24, 2.45) is 0 Å². The number of halogens is 4. The summed E-state index contributed by atoms with van der Waals surface area (Å²) in [7, 11) is 0. The minimum absolute atomic E-state index is 0.0333. The molecule has 0 saturated carbocycles. The standard InChI is InChI=1S/C14H13F4NO2/c1-2-3-4-5-6-19-13(20)7-8(14(19)21)10(16)12(18)11(17)9(7)15/h2-6H2,1H3. The molecule has 1 aromatic rings. The fourth-order valence-corrected chi connectivity index (χ4v) is 2.30. The average molecular weight is 303 g/mol. The molecule has 2 rings (SSSR count). The summed E-state index contributed by atoms with van der Waals surface area (Å²) in [5.41, 5.74) is -2.04. The van der Waals surface area contributed by atoms with Gasteiger partial charge in [0.1, 0.15) is 0 Å². The van der Waals surface area contributed by atoms with Gasteiger partial charge in [-0.2, -0.15) is 0 Å². The highest BCUT2D eigenvalue weighted by Crippen LogP contribution is 2.31. The molecule has 1 heterocycles. The third kappa shape index (κ3) is 2.41. The molecule has 114 valence electrons. The number of imide groups is 1. The van der Waals surface area contributed by atoms with Gasteiger partial charge in [-0.3, -0.25) is 14.5 Å². The van der Waals surface area contributed by atoms with Crippen LogP contribution in [-0.4, -0.2) is 23.3 Å². The summed E-state index contributed by atoms with van der Waals surface area (Å²) in [5.74, 6) is -10.1. The van der Waals surface area contributed by atoms with E-state index in [1.807, 2.05) is 6.92 Å². The normalized spacial score (nSPS) is 14.0.